The van der Waals surface area contributed by atoms with E-state index in [0.717, 1.165) is 6.42 Å². The van der Waals surface area contributed by atoms with Gasteiger partial charge in [0.2, 0.25) is 0 Å². The number of allylic oxidation sites excluding steroid dienone is 4. The van der Waals surface area contributed by atoms with Crippen molar-refractivity contribution in [2.45, 2.75) is 40.0 Å². The standard InChI is InChI=1S/C11H19/c1-5-7-11(4)9-6-8-10(2)3/h7-8H,1,5-6,9H2,2-4H3/q-1/b11-7+. The van der Waals surface area contributed by atoms with E-state index in [1.165, 1.54) is 24.0 Å². The fourth-order valence-electron chi connectivity index (χ4n) is 0.937. The molecule has 0 spiro atoms. The SMILES string of the molecule is [CH2-]C/C=C(\C)CCC=C(C)C. The van der Waals surface area contributed by atoms with E-state index in [1.54, 1.807) is 0 Å². The summed E-state index contributed by atoms with van der Waals surface area (Å²) in [6, 6.07) is 0. The lowest BCUT2D eigenvalue weighted by Crippen LogP contribution is -1.76. The molecule has 0 N–H and O–H groups in total. The van der Waals surface area contributed by atoms with Crippen LogP contribution in [0.2, 0.25) is 0 Å². The number of rotatable bonds is 4. The van der Waals surface area contributed by atoms with E-state index in [-0.39, 0.29) is 0 Å². The van der Waals surface area contributed by atoms with Crippen LogP contribution in [0, 0.1) is 6.92 Å². The van der Waals surface area contributed by atoms with Crippen LogP contribution >= 0.6 is 0 Å². The van der Waals surface area contributed by atoms with E-state index in [9.17, 15) is 0 Å². The van der Waals surface area contributed by atoms with Gasteiger partial charge in [-0.1, -0.05) is 17.2 Å². The van der Waals surface area contributed by atoms with Crippen LogP contribution in [0.4, 0.5) is 0 Å². The highest BCUT2D eigenvalue weighted by atomic mass is 13.9. The second-order valence-electron chi connectivity index (χ2n) is 3.16. The molecule has 0 aromatic heterocycles. The van der Waals surface area contributed by atoms with Gasteiger partial charge in [0.25, 0.3) is 0 Å². The van der Waals surface area contributed by atoms with E-state index >= 15 is 0 Å². The number of hydrogen-bond donors (Lipinski definition) is 0. The van der Waals surface area contributed by atoms with Crippen molar-refractivity contribution in [3.63, 3.8) is 0 Å². The molecule has 0 saturated carbocycles. The Bertz CT molecular complexity index is 145. The molecule has 0 heteroatoms. The highest BCUT2D eigenvalue weighted by molar-refractivity contribution is 5.02. The third-order valence-corrected chi connectivity index (χ3v) is 1.58. The minimum Gasteiger partial charge on any atom is -0.340 e. The van der Waals surface area contributed by atoms with Crippen LogP contribution in [0.5, 0.6) is 0 Å². The first kappa shape index (κ1) is 10.5. The Balaban J connectivity index is 3.54. The maximum absolute atomic E-state index is 3.78. The lowest BCUT2D eigenvalue weighted by atomic mass is 10.1. The van der Waals surface area contributed by atoms with Crippen LogP contribution < -0.4 is 0 Å². The molecule has 0 aliphatic rings. The molecule has 0 aromatic carbocycles. The largest absolute Gasteiger partial charge is 0.340 e. The van der Waals surface area contributed by atoms with Crippen molar-refractivity contribution >= 4 is 0 Å². The van der Waals surface area contributed by atoms with Gasteiger partial charge in [0.05, 0.1) is 0 Å². The number of hydrogen-bond acceptors (Lipinski definition) is 0. The smallest absolute Gasteiger partial charge is 0.0289 e. The molecule has 0 bridgehead atoms. The van der Waals surface area contributed by atoms with Gasteiger partial charge in [-0.3, -0.25) is 0 Å². The molecule has 0 atom stereocenters. The van der Waals surface area contributed by atoms with Crippen LogP contribution in [-0.4, -0.2) is 0 Å². The first-order chi connectivity index (χ1) is 5.16. The molecule has 0 amide bonds. The maximum atomic E-state index is 3.78. The van der Waals surface area contributed by atoms with Crippen molar-refractivity contribution < 1.29 is 0 Å². The second kappa shape index (κ2) is 6.21. The van der Waals surface area contributed by atoms with Gasteiger partial charge in [0.1, 0.15) is 0 Å². The van der Waals surface area contributed by atoms with Crippen molar-refractivity contribution in [2.24, 2.45) is 0 Å². The fourth-order valence-corrected chi connectivity index (χ4v) is 0.937. The normalized spacial score (nSPS) is 11.5. The maximum Gasteiger partial charge on any atom is -0.0289 e. The van der Waals surface area contributed by atoms with Crippen LogP contribution in [0.25, 0.3) is 0 Å². The van der Waals surface area contributed by atoms with E-state index in [1.807, 2.05) is 0 Å². The zero-order valence-electron chi connectivity index (χ0n) is 7.98. The summed E-state index contributed by atoms with van der Waals surface area (Å²) in [6.45, 7) is 10.2. The second-order valence-corrected chi connectivity index (χ2v) is 3.16. The summed E-state index contributed by atoms with van der Waals surface area (Å²) >= 11 is 0. The van der Waals surface area contributed by atoms with Crippen molar-refractivity contribution in [3.8, 4) is 0 Å². The van der Waals surface area contributed by atoms with E-state index < -0.39 is 0 Å². The molecule has 0 rings (SSSR count). The third kappa shape index (κ3) is 7.38. The molecule has 0 heterocycles. The summed E-state index contributed by atoms with van der Waals surface area (Å²) in [5.74, 6) is 0. The fraction of sp³-hybridized carbons (Fsp3) is 0.545. The van der Waals surface area contributed by atoms with E-state index in [2.05, 4.69) is 39.8 Å². The summed E-state index contributed by atoms with van der Waals surface area (Å²) in [5, 5.41) is 0. The lowest BCUT2D eigenvalue weighted by molar-refractivity contribution is 0.958. The molecule has 64 valence electrons. The molecule has 0 fully saturated rings. The summed E-state index contributed by atoms with van der Waals surface area (Å²) in [4.78, 5) is 0. The quantitative estimate of drug-likeness (QED) is 0.422. The molecule has 0 saturated heterocycles. The summed E-state index contributed by atoms with van der Waals surface area (Å²) in [5.41, 5.74) is 2.87. The highest BCUT2D eigenvalue weighted by Gasteiger charge is 1.85. The first-order valence-corrected chi connectivity index (χ1v) is 4.25. The van der Waals surface area contributed by atoms with Gasteiger partial charge in [-0.15, -0.1) is 6.08 Å². The summed E-state index contributed by atoms with van der Waals surface area (Å²) < 4.78 is 0. The van der Waals surface area contributed by atoms with E-state index in [4.69, 9.17) is 0 Å². The Morgan fingerprint density at radius 1 is 1.18 bits per heavy atom. The molecular weight excluding hydrogens is 132 g/mol. The van der Waals surface area contributed by atoms with Gasteiger partial charge in [0, 0.05) is 0 Å². The average molecular weight is 151 g/mol. The minimum atomic E-state index is 0.917. The van der Waals surface area contributed by atoms with Gasteiger partial charge < -0.3 is 6.92 Å². The third-order valence-electron chi connectivity index (χ3n) is 1.58. The van der Waals surface area contributed by atoms with Crippen LogP contribution in [0.1, 0.15) is 40.0 Å². The zero-order valence-corrected chi connectivity index (χ0v) is 7.98. The first-order valence-electron chi connectivity index (χ1n) is 4.25. The molecular formula is C11H19-. The Morgan fingerprint density at radius 2 is 1.82 bits per heavy atom. The molecule has 11 heavy (non-hydrogen) atoms. The van der Waals surface area contributed by atoms with Crippen LogP contribution in [0.15, 0.2) is 23.3 Å². The Hall–Kier alpha value is -0.520. The highest BCUT2D eigenvalue weighted by Crippen LogP contribution is 2.06. The average Bonchev–Trinajstić information content (AvgIpc) is 1.87. The predicted octanol–water partition coefficient (Wildman–Crippen LogP) is 3.90. The van der Waals surface area contributed by atoms with Crippen molar-refractivity contribution in [1.29, 1.82) is 0 Å². The Morgan fingerprint density at radius 3 is 2.27 bits per heavy atom. The van der Waals surface area contributed by atoms with Crippen molar-refractivity contribution in [1.82, 2.24) is 0 Å². The lowest BCUT2D eigenvalue weighted by Gasteiger charge is -1.98. The molecule has 0 radical (unpaired) electrons. The summed E-state index contributed by atoms with van der Waals surface area (Å²) in [7, 11) is 0. The zero-order chi connectivity index (χ0) is 8.69. The predicted molar refractivity (Wildman–Crippen MR) is 52.4 cm³/mol. The van der Waals surface area contributed by atoms with Gasteiger partial charge >= 0.3 is 0 Å². The molecule has 0 aliphatic heterocycles. The minimum absolute atomic E-state index is 0.917. The molecule has 0 unspecified atom stereocenters. The molecule has 0 nitrogen and oxygen atoms in total. The monoisotopic (exact) mass is 151 g/mol. The van der Waals surface area contributed by atoms with Crippen LogP contribution in [0.3, 0.4) is 0 Å². The van der Waals surface area contributed by atoms with E-state index in [0.29, 0.717) is 0 Å². The Labute approximate surface area is 71.0 Å². The Kier molecular flexibility index (Phi) is 5.91. The summed E-state index contributed by atoms with van der Waals surface area (Å²) in [6.07, 6.45) is 7.74. The van der Waals surface area contributed by atoms with Gasteiger partial charge in [-0.25, -0.2) is 0 Å². The van der Waals surface area contributed by atoms with Crippen molar-refractivity contribution in [3.05, 3.63) is 30.2 Å². The van der Waals surface area contributed by atoms with Gasteiger partial charge in [0.15, 0.2) is 0 Å². The van der Waals surface area contributed by atoms with Crippen molar-refractivity contribution in [2.75, 3.05) is 0 Å². The molecule has 0 aliphatic carbocycles. The van der Waals surface area contributed by atoms with Gasteiger partial charge in [-0.05, 0) is 33.6 Å². The van der Waals surface area contributed by atoms with Crippen LogP contribution in [-0.2, 0) is 0 Å². The molecule has 0 aromatic rings. The topological polar surface area (TPSA) is 0 Å². The van der Waals surface area contributed by atoms with Gasteiger partial charge in [-0.2, -0.15) is 6.42 Å².